The van der Waals surface area contributed by atoms with Gasteiger partial charge in [-0.2, -0.15) is 0 Å². The second kappa shape index (κ2) is 13.6. The Labute approximate surface area is 243 Å². The van der Waals surface area contributed by atoms with E-state index in [4.69, 9.17) is 18.9 Å². The molecule has 1 aliphatic rings. The van der Waals surface area contributed by atoms with E-state index in [0.29, 0.717) is 0 Å². The molecule has 0 aliphatic carbocycles. The van der Waals surface area contributed by atoms with Gasteiger partial charge in [0.05, 0.1) is 31.4 Å². The van der Waals surface area contributed by atoms with Crippen molar-refractivity contribution in [2.45, 2.75) is 43.9 Å². The highest BCUT2D eigenvalue weighted by atomic mass is 16.7. The maximum atomic E-state index is 13.8. The van der Waals surface area contributed by atoms with Crippen LogP contribution in [0.25, 0.3) is 0 Å². The summed E-state index contributed by atoms with van der Waals surface area (Å²) in [7, 11) is 0. The molecule has 1 fully saturated rings. The highest BCUT2D eigenvalue weighted by molar-refractivity contribution is 6.02. The molecule has 0 radical (unpaired) electrons. The van der Waals surface area contributed by atoms with Gasteiger partial charge in [0, 0.05) is 17.7 Å². The van der Waals surface area contributed by atoms with Crippen molar-refractivity contribution in [3.05, 3.63) is 148 Å². The van der Waals surface area contributed by atoms with Crippen LogP contribution >= 0.6 is 0 Å². The topological polar surface area (TPSA) is 117 Å². The number of non-ortho nitro benzene ring substituents is 1. The van der Waals surface area contributed by atoms with Gasteiger partial charge in [-0.15, -0.1) is 0 Å². The molecule has 9 heteroatoms. The van der Waals surface area contributed by atoms with Gasteiger partial charge in [-0.3, -0.25) is 14.9 Å². The van der Waals surface area contributed by atoms with Crippen LogP contribution in [0.2, 0.25) is 0 Å². The molecule has 5 rings (SSSR count). The molecule has 9 nitrogen and oxygen atoms in total. The normalized spacial score (nSPS) is 21.7. The number of aliphatic hydroxyl groups is 1. The predicted molar refractivity (Wildman–Crippen MR) is 153 cm³/mol. The van der Waals surface area contributed by atoms with E-state index in [-0.39, 0.29) is 37.7 Å². The molecule has 216 valence electrons. The lowest BCUT2D eigenvalue weighted by molar-refractivity contribution is -0.384. The molecule has 4 aromatic rings. The van der Waals surface area contributed by atoms with Crippen LogP contribution in [0.5, 0.6) is 0 Å². The quantitative estimate of drug-likeness (QED) is 0.132. The SMILES string of the molecule is O=C(c1ccc([N+](=O)[O-])cc1)[C@@]1(O)O[C@@H](COCc2ccccc2)[C@H](OCc2ccccc2)[C@H]1OCc1ccccc1. The fraction of sp³-hybridized carbons (Fsp3) is 0.242. The van der Waals surface area contributed by atoms with Crippen molar-refractivity contribution in [1.29, 1.82) is 0 Å². The van der Waals surface area contributed by atoms with Gasteiger partial charge < -0.3 is 24.1 Å². The standard InChI is InChI=1S/C33H31NO8/c35-31(27-16-18-28(19-17-27)34(37)38)33(36)32(41-22-26-14-8-3-9-15-26)30(40-21-25-12-6-2-7-13-25)29(42-33)23-39-20-24-10-4-1-5-11-24/h1-19,29-30,32,36H,20-23H2/t29-,30-,32+,33+/m0/s1. The zero-order valence-electron chi connectivity index (χ0n) is 22.8. The van der Waals surface area contributed by atoms with Crippen LogP contribution in [0.15, 0.2) is 115 Å². The van der Waals surface area contributed by atoms with E-state index in [1.54, 1.807) is 0 Å². The summed E-state index contributed by atoms with van der Waals surface area (Å²) in [4.78, 5) is 24.4. The minimum Gasteiger partial charge on any atom is -0.374 e. The second-order valence-electron chi connectivity index (χ2n) is 9.97. The predicted octanol–water partition coefficient (Wildman–Crippen LogP) is 5.25. The van der Waals surface area contributed by atoms with Crippen LogP contribution in [0.1, 0.15) is 27.0 Å². The summed E-state index contributed by atoms with van der Waals surface area (Å²) in [5.41, 5.74) is 2.52. The van der Waals surface area contributed by atoms with E-state index in [1.165, 1.54) is 24.3 Å². The number of carbonyl (C=O) groups excluding carboxylic acids is 1. The Bertz CT molecular complexity index is 1450. The number of hydrogen-bond acceptors (Lipinski definition) is 8. The number of ketones is 1. The number of ether oxygens (including phenoxy) is 4. The summed E-state index contributed by atoms with van der Waals surface area (Å²) in [6.07, 6.45) is -3.00. The average molecular weight is 570 g/mol. The number of Topliss-reactive ketones (excluding diaryl/α,β-unsaturated/α-hetero) is 1. The molecule has 1 N–H and O–H groups in total. The summed E-state index contributed by atoms with van der Waals surface area (Å²) in [6.45, 7) is 0.552. The Morgan fingerprint density at radius 3 is 1.79 bits per heavy atom. The molecule has 0 aromatic heterocycles. The number of hydrogen-bond donors (Lipinski definition) is 1. The van der Waals surface area contributed by atoms with Gasteiger partial charge in [-0.25, -0.2) is 0 Å². The van der Waals surface area contributed by atoms with Crippen LogP contribution in [-0.2, 0) is 38.8 Å². The van der Waals surface area contributed by atoms with Gasteiger partial charge in [0.15, 0.2) is 0 Å². The first-order valence-electron chi connectivity index (χ1n) is 13.6. The van der Waals surface area contributed by atoms with E-state index in [0.717, 1.165) is 16.7 Å². The van der Waals surface area contributed by atoms with Crippen molar-refractivity contribution in [3.63, 3.8) is 0 Å². The third kappa shape index (κ3) is 6.96. The highest BCUT2D eigenvalue weighted by Crippen LogP contribution is 2.38. The molecule has 4 aromatic carbocycles. The molecule has 1 aliphatic heterocycles. The summed E-state index contributed by atoms with van der Waals surface area (Å²) in [5, 5.41) is 23.1. The number of carbonyl (C=O) groups is 1. The van der Waals surface area contributed by atoms with E-state index in [9.17, 15) is 20.0 Å². The molecule has 1 saturated heterocycles. The fourth-order valence-corrected chi connectivity index (χ4v) is 4.83. The van der Waals surface area contributed by atoms with E-state index >= 15 is 0 Å². The molecular formula is C33H31NO8. The molecule has 0 amide bonds. The van der Waals surface area contributed by atoms with Gasteiger partial charge in [0.1, 0.15) is 18.3 Å². The minimum atomic E-state index is -2.45. The fourth-order valence-electron chi connectivity index (χ4n) is 4.83. The van der Waals surface area contributed by atoms with Gasteiger partial charge in [0.25, 0.3) is 11.5 Å². The lowest BCUT2D eigenvalue weighted by Gasteiger charge is -2.29. The lowest BCUT2D eigenvalue weighted by atomic mass is 9.96. The Morgan fingerprint density at radius 1 is 0.762 bits per heavy atom. The Hall–Kier alpha value is -4.25. The molecule has 4 atom stereocenters. The number of benzene rings is 4. The van der Waals surface area contributed by atoms with Crippen LogP contribution < -0.4 is 0 Å². The number of nitrogens with zero attached hydrogens (tertiary/aromatic N) is 1. The third-order valence-corrected chi connectivity index (χ3v) is 7.00. The van der Waals surface area contributed by atoms with Crippen molar-refractivity contribution < 1.29 is 33.8 Å². The van der Waals surface area contributed by atoms with E-state index < -0.39 is 34.8 Å². The van der Waals surface area contributed by atoms with Crippen molar-refractivity contribution >= 4 is 11.5 Å². The number of nitro groups is 1. The minimum absolute atomic E-state index is 0.00932. The second-order valence-corrected chi connectivity index (χ2v) is 9.97. The van der Waals surface area contributed by atoms with E-state index in [1.807, 2.05) is 91.0 Å². The summed E-state index contributed by atoms with van der Waals surface area (Å²) in [6, 6.07) is 33.4. The number of nitro benzene ring substituents is 1. The van der Waals surface area contributed by atoms with E-state index in [2.05, 4.69) is 0 Å². The number of rotatable bonds is 13. The first-order chi connectivity index (χ1) is 20.4. The zero-order valence-corrected chi connectivity index (χ0v) is 22.8. The molecule has 0 spiro atoms. The molecule has 1 heterocycles. The monoisotopic (exact) mass is 569 g/mol. The summed E-state index contributed by atoms with van der Waals surface area (Å²) < 4.78 is 24.6. The Kier molecular flexibility index (Phi) is 9.48. The van der Waals surface area contributed by atoms with Crippen LogP contribution in [0, 0.1) is 10.1 Å². The maximum absolute atomic E-state index is 13.8. The smallest absolute Gasteiger partial charge is 0.269 e. The third-order valence-electron chi connectivity index (χ3n) is 7.00. The zero-order chi connectivity index (χ0) is 29.4. The molecule has 42 heavy (non-hydrogen) atoms. The van der Waals surface area contributed by atoms with Crippen molar-refractivity contribution in [2.24, 2.45) is 0 Å². The summed E-state index contributed by atoms with van der Waals surface area (Å²) in [5.74, 6) is -3.25. The molecule has 0 saturated carbocycles. The van der Waals surface area contributed by atoms with Crippen molar-refractivity contribution in [1.82, 2.24) is 0 Å². The van der Waals surface area contributed by atoms with Crippen LogP contribution in [-0.4, -0.2) is 46.5 Å². The maximum Gasteiger partial charge on any atom is 0.269 e. The average Bonchev–Trinajstić information content (AvgIpc) is 3.31. The first-order valence-corrected chi connectivity index (χ1v) is 13.6. The summed E-state index contributed by atoms with van der Waals surface area (Å²) >= 11 is 0. The van der Waals surface area contributed by atoms with Crippen LogP contribution in [0.3, 0.4) is 0 Å². The van der Waals surface area contributed by atoms with Crippen molar-refractivity contribution in [2.75, 3.05) is 6.61 Å². The highest BCUT2D eigenvalue weighted by Gasteiger charge is 2.60. The van der Waals surface area contributed by atoms with Gasteiger partial charge in [0.2, 0.25) is 5.78 Å². The molecule has 0 bridgehead atoms. The van der Waals surface area contributed by atoms with Crippen LogP contribution in [0.4, 0.5) is 5.69 Å². The van der Waals surface area contributed by atoms with Crippen molar-refractivity contribution in [3.8, 4) is 0 Å². The largest absolute Gasteiger partial charge is 0.374 e. The first kappa shape index (κ1) is 29.2. The Balaban J connectivity index is 1.44. The van der Waals surface area contributed by atoms with Gasteiger partial charge >= 0.3 is 0 Å². The van der Waals surface area contributed by atoms with Gasteiger partial charge in [-0.1, -0.05) is 91.0 Å². The lowest BCUT2D eigenvalue weighted by Crippen LogP contribution is -2.51. The molecular weight excluding hydrogens is 538 g/mol. The Morgan fingerprint density at radius 2 is 1.26 bits per heavy atom. The van der Waals surface area contributed by atoms with Gasteiger partial charge in [-0.05, 0) is 28.8 Å². The molecule has 0 unspecified atom stereocenters.